The number of aliphatic hydroxyl groups is 1. The molecule has 180 valence electrons. The Hall–Kier alpha value is -2.89. The Morgan fingerprint density at radius 1 is 0.969 bits per heavy atom. The number of aliphatic carboxylic acids is 3. The number of ether oxygens (including phenoxy) is 3. The van der Waals surface area contributed by atoms with Crippen LogP contribution >= 0.6 is 0 Å². The molecule has 11 nitrogen and oxygen atoms in total. The van der Waals surface area contributed by atoms with Crippen molar-refractivity contribution in [3.63, 3.8) is 0 Å². The fraction of sp³-hybridized carbons (Fsp3) is 0.571. The highest BCUT2D eigenvalue weighted by Gasteiger charge is 2.40. The Bertz CT molecular complexity index is 709. The van der Waals surface area contributed by atoms with Crippen LogP contribution in [0.3, 0.4) is 0 Å². The molecule has 0 aliphatic carbocycles. The van der Waals surface area contributed by atoms with E-state index in [1.807, 2.05) is 24.3 Å². The summed E-state index contributed by atoms with van der Waals surface area (Å²) in [5.41, 5.74) is -2.74. The van der Waals surface area contributed by atoms with Crippen LogP contribution in [-0.4, -0.2) is 88.0 Å². The molecule has 1 aromatic carbocycles. The van der Waals surface area contributed by atoms with Crippen LogP contribution in [0.2, 0.25) is 0 Å². The molecule has 0 saturated carbocycles. The molecule has 11 heteroatoms. The minimum atomic E-state index is -2.74. The summed E-state index contributed by atoms with van der Waals surface area (Å²) in [4.78, 5) is 32.8. The number of hydrogen-bond acceptors (Lipinski definition) is 8. The number of carboxylic acids is 3. The van der Waals surface area contributed by atoms with Crippen LogP contribution in [0.25, 0.3) is 0 Å². The molecule has 4 N–H and O–H groups in total. The van der Waals surface area contributed by atoms with Crippen molar-refractivity contribution in [2.75, 3.05) is 32.8 Å². The SMILES string of the molecule is CCN(CC)CCOCCC1Oc2ccccc2O1.O=C(O)CC(O)(CC(=O)O)C(=O)O. The highest BCUT2D eigenvalue weighted by atomic mass is 16.7. The number of nitrogens with zero attached hydrogens (tertiary/aromatic N) is 1. The Morgan fingerprint density at radius 2 is 1.47 bits per heavy atom. The van der Waals surface area contributed by atoms with E-state index in [1.165, 1.54) is 0 Å². The molecule has 2 rings (SSSR count). The summed E-state index contributed by atoms with van der Waals surface area (Å²) < 4.78 is 17.0. The summed E-state index contributed by atoms with van der Waals surface area (Å²) >= 11 is 0. The molecular formula is C21H31NO10. The fourth-order valence-electron chi connectivity index (χ4n) is 2.80. The molecule has 0 bridgehead atoms. The van der Waals surface area contributed by atoms with Gasteiger partial charge in [0.1, 0.15) is 0 Å². The molecule has 1 aromatic rings. The van der Waals surface area contributed by atoms with Gasteiger partial charge in [0.2, 0.25) is 6.29 Å². The smallest absolute Gasteiger partial charge is 0.336 e. The lowest BCUT2D eigenvalue weighted by Crippen LogP contribution is -2.42. The Morgan fingerprint density at radius 3 is 1.88 bits per heavy atom. The van der Waals surface area contributed by atoms with E-state index in [1.54, 1.807) is 0 Å². The second kappa shape index (κ2) is 13.5. The monoisotopic (exact) mass is 457 g/mol. The van der Waals surface area contributed by atoms with Gasteiger partial charge in [-0.2, -0.15) is 0 Å². The minimum Gasteiger partial charge on any atom is -0.481 e. The molecule has 0 atom stereocenters. The van der Waals surface area contributed by atoms with Gasteiger partial charge in [0.05, 0.1) is 26.1 Å². The summed E-state index contributed by atoms with van der Waals surface area (Å²) in [6.45, 7) is 8.90. The first-order chi connectivity index (χ1) is 15.1. The molecule has 0 spiro atoms. The van der Waals surface area contributed by atoms with Crippen LogP contribution in [0.15, 0.2) is 24.3 Å². The number of likely N-dealkylation sites (N-methyl/N-ethyl adjacent to an activating group) is 1. The van der Waals surface area contributed by atoms with Crippen LogP contribution in [0.5, 0.6) is 11.5 Å². The molecule has 0 aromatic heterocycles. The van der Waals surface area contributed by atoms with Gasteiger partial charge in [-0.25, -0.2) is 4.79 Å². The summed E-state index contributed by atoms with van der Waals surface area (Å²) in [6.07, 6.45) is -1.73. The number of carbonyl (C=O) groups is 3. The zero-order valence-corrected chi connectivity index (χ0v) is 18.2. The van der Waals surface area contributed by atoms with E-state index in [0.29, 0.717) is 6.61 Å². The molecule has 0 fully saturated rings. The van der Waals surface area contributed by atoms with E-state index < -0.39 is 36.4 Å². The number of rotatable bonds is 13. The van der Waals surface area contributed by atoms with Crippen molar-refractivity contribution >= 4 is 17.9 Å². The summed E-state index contributed by atoms with van der Waals surface area (Å²) in [5.74, 6) is -3.36. The number of para-hydroxylation sites is 2. The van der Waals surface area contributed by atoms with Gasteiger partial charge in [0.25, 0.3) is 0 Å². The topological polar surface area (TPSA) is 163 Å². The highest BCUT2D eigenvalue weighted by Crippen LogP contribution is 2.34. The van der Waals surface area contributed by atoms with Crippen molar-refractivity contribution in [1.82, 2.24) is 4.90 Å². The van der Waals surface area contributed by atoms with Gasteiger partial charge in [-0.05, 0) is 25.2 Å². The van der Waals surface area contributed by atoms with Crippen LogP contribution < -0.4 is 9.47 Å². The van der Waals surface area contributed by atoms with E-state index in [0.717, 1.165) is 44.2 Å². The van der Waals surface area contributed by atoms with Crippen molar-refractivity contribution in [2.45, 2.75) is 45.0 Å². The third-order valence-electron chi connectivity index (χ3n) is 4.60. The predicted octanol–water partition coefficient (Wildman–Crippen LogP) is 1.28. The summed E-state index contributed by atoms with van der Waals surface area (Å²) in [6, 6.07) is 7.75. The van der Waals surface area contributed by atoms with Gasteiger partial charge in [0, 0.05) is 13.0 Å². The molecule has 0 unspecified atom stereocenters. The van der Waals surface area contributed by atoms with Gasteiger partial charge >= 0.3 is 17.9 Å². The summed E-state index contributed by atoms with van der Waals surface area (Å²) in [5, 5.41) is 33.8. The molecule has 1 heterocycles. The minimum absolute atomic E-state index is 0.203. The maximum absolute atomic E-state index is 10.3. The third kappa shape index (κ3) is 9.50. The number of hydrogen-bond donors (Lipinski definition) is 4. The van der Waals surface area contributed by atoms with Crippen molar-refractivity contribution in [3.8, 4) is 11.5 Å². The number of fused-ring (bicyclic) bond motifs is 1. The molecule has 32 heavy (non-hydrogen) atoms. The number of carboxylic acid groups (broad SMARTS) is 3. The number of benzene rings is 1. The maximum atomic E-state index is 10.3. The predicted molar refractivity (Wildman–Crippen MR) is 112 cm³/mol. The van der Waals surface area contributed by atoms with Crippen molar-refractivity contribution in [3.05, 3.63) is 24.3 Å². The molecule has 1 aliphatic rings. The normalized spacial score (nSPS) is 12.9. The molecule has 0 radical (unpaired) electrons. The standard InChI is InChI=1S/C15H23NO3.C6H8O7/c1-3-16(4-2)10-12-17-11-9-15-18-13-7-5-6-8-14(13)19-15;7-3(8)1-6(13,5(11)12)2-4(9)10/h5-8,15H,3-4,9-12H2,1-2H3;13H,1-2H2,(H,7,8)(H,9,10)(H,11,12). The second-order valence-electron chi connectivity index (χ2n) is 7.02. The Balaban J connectivity index is 0.000000347. The van der Waals surface area contributed by atoms with E-state index in [-0.39, 0.29) is 6.29 Å². The van der Waals surface area contributed by atoms with E-state index >= 15 is 0 Å². The van der Waals surface area contributed by atoms with E-state index in [4.69, 9.17) is 34.6 Å². The lowest BCUT2D eigenvalue weighted by atomic mass is 9.96. The van der Waals surface area contributed by atoms with Gasteiger partial charge in [-0.15, -0.1) is 0 Å². The quantitative estimate of drug-likeness (QED) is 0.316. The lowest BCUT2D eigenvalue weighted by molar-refractivity contribution is -0.170. The highest BCUT2D eigenvalue weighted by molar-refractivity contribution is 5.88. The van der Waals surface area contributed by atoms with E-state index in [2.05, 4.69) is 18.7 Å². The van der Waals surface area contributed by atoms with Crippen LogP contribution in [0.4, 0.5) is 0 Å². The molecule has 0 amide bonds. The first kappa shape index (κ1) is 27.1. The van der Waals surface area contributed by atoms with Crippen LogP contribution in [0, 0.1) is 0 Å². The maximum Gasteiger partial charge on any atom is 0.336 e. The largest absolute Gasteiger partial charge is 0.481 e. The Labute approximate surface area is 186 Å². The van der Waals surface area contributed by atoms with Gasteiger partial charge in [-0.1, -0.05) is 26.0 Å². The Kier molecular flexibility index (Phi) is 11.5. The third-order valence-corrected chi connectivity index (χ3v) is 4.60. The average molecular weight is 457 g/mol. The van der Waals surface area contributed by atoms with Crippen LogP contribution in [-0.2, 0) is 19.1 Å². The van der Waals surface area contributed by atoms with Crippen molar-refractivity contribution in [1.29, 1.82) is 0 Å². The fourth-order valence-corrected chi connectivity index (χ4v) is 2.80. The van der Waals surface area contributed by atoms with Crippen molar-refractivity contribution < 1.29 is 49.0 Å². The van der Waals surface area contributed by atoms with Crippen LogP contribution in [0.1, 0.15) is 33.1 Å². The van der Waals surface area contributed by atoms with Crippen molar-refractivity contribution in [2.24, 2.45) is 0 Å². The zero-order chi connectivity index (χ0) is 24.1. The van der Waals surface area contributed by atoms with Gasteiger partial charge < -0.3 is 39.5 Å². The second-order valence-corrected chi connectivity index (χ2v) is 7.02. The summed E-state index contributed by atoms with van der Waals surface area (Å²) in [7, 11) is 0. The van der Waals surface area contributed by atoms with E-state index in [9.17, 15) is 14.4 Å². The first-order valence-electron chi connectivity index (χ1n) is 10.2. The molecular weight excluding hydrogens is 426 g/mol. The zero-order valence-electron chi connectivity index (χ0n) is 18.2. The lowest BCUT2D eigenvalue weighted by Gasteiger charge is -2.18. The first-order valence-corrected chi connectivity index (χ1v) is 10.2. The average Bonchev–Trinajstić information content (AvgIpc) is 3.12. The van der Waals surface area contributed by atoms with Gasteiger partial charge in [0.15, 0.2) is 17.1 Å². The van der Waals surface area contributed by atoms with Gasteiger partial charge in [-0.3, -0.25) is 9.59 Å². The molecule has 1 aliphatic heterocycles. The molecule has 0 saturated heterocycles.